The molecule has 2 rings (SSSR count). The highest BCUT2D eigenvalue weighted by atomic mass is 35.5. The molecule has 1 unspecified atom stereocenters. The highest BCUT2D eigenvalue weighted by molar-refractivity contribution is 6.64. The van der Waals surface area contributed by atoms with E-state index in [2.05, 4.69) is 0 Å². The molecule has 0 N–H and O–H groups in total. The number of benzene rings is 1. The molecular formula is C10H7Cl3O. The highest BCUT2D eigenvalue weighted by Crippen LogP contribution is 2.38. The molecule has 0 heterocycles. The van der Waals surface area contributed by atoms with Gasteiger partial charge >= 0.3 is 0 Å². The van der Waals surface area contributed by atoms with Crippen LogP contribution in [0.2, 0.25) is 10.0 Å². The van der Waals surface area contributed by atoms with Gasteiger partial charge in [-0.05, 0) is 47.7 Å². The lowest BCUT2D eigenvalue weighted by Gasteiger charge is -2.06. The van der Waals surface area contributed by atoms with Gasteiger partial charge in [0.05, 0.1) is 16.0 Å². The van der Waals surface area contributed by atoms with Crippen molar-refractivity contribution >= 4 is 40.0 Å². The van der Waals surface area contributed by atoms with Gasteiger partial charge in [-0.3, -0.25) is 4.79 Å². The molecule has 0 bridgehead atoms. The van der Waals surface area contributed by atoms with Crippen LogP contribution in [0.1, 0.15) is 23.5 Å². The molecule has 14 heavy (non-hydrogen) atoms. The predicted octanol–water partition coefficient (Wildman–Crippen LogP) is 3.79. The SMILES string of the molecule is O=C(Cl)C1CCc2cc(Cl)c(Cl)cc21. The molecule has 0 amide bonds. The summed E-state index contributed by atoms with van der Waals surface area (Å²) in [5.41, 5.74) is 2.01. The number of fused-ring (bicyclic) bond motifs is 1. The molecule has 0 aliphatic heterocycles. The molecule has 1 aliphatic carbocycles. The van der Waals surface area contributed by atoms with Crippen molar-refractivity contribution in [1.82, 2.24) is 0 Å². The van der Waals surface area contributed by atoms with E-state index < -0.39 is 0 Å². The summed E-state index contributed by atoms with van der Waals surface area (Å²) in [4.78, 5) is 11.1. The standard InChI is InChI=1S/C10H7Cl3O/c11-8-3-5-1-2-6(10(13)14)7(5)4-9(8)12/h3-4,6H,1-2H2. The van der Waals surface area contributed by atoms with E-state index in [1.165, 1.54) is 0 Å². The van der Waals surface area contributed by atoms with Gasteiger partial charge in [-0.2, -0.15) is 0 Å². The summed E-state index contributed by atoms with van der Waals surface area (Å²) in [6.07, 6.45) is 1.60. The quantitative estimate of drug-likeness (QED) is 0.692. The van der Waals surface area contributed by atoms with Crippen LogP contribution in [-0.4, -0.2) is 5.24 Å². The summed E-state index contributed by atoms with van der Waals surface area (Å²) in [5, 5.41) is 0.700. The van der Waals surface area contributed by atoms with E-state index in [4.69, 9.17) is 34.8 Å². The first-order chi connectivity index (χ1) is 6.59. The second-order valence-electron chi connectivity index (χ2n) is 3.36. The van der Waals surface area contributed by atoms with Crippen LogP contribution in [0.3, 0.4) is 0 Å². The van der Waals surface area contributed by atoms with E-state index >= 15 is 0 Å². The Morgan fingerprint density at radius 3 is 2.57 bits per heavy atom. The van der Waals surface area contributed by atoms with Gasteiger partial charge in [-0.25, -0.2) is 0 Å². The lowest BCUT2D eigenvalue weighted by Crippen LogP contribution is -2.01. The first kappa shape index (κ1) is 10.3. The third-order valence-electron chi connectivity index (χ3n) is 2.53. The molecule has 4 heteroatoms. The zero-order chi connectivity index (χ0) is 10.3. The second-order valence-corrected chi connectivity index (χ2v) is 4.55. The van der Waals surface area contributed by atoms with Crippen LogP contribution < -0.4 is 0 Å². The Hall–Kier alpha value is -0.240. The minimum absolute atomic E-state index is 0.207. The van der Waals surface area contributed by atoms with Crippen LogP contribution in [0.5, 0.6) is 0 Å². The molecule has 0 aromatic heterocycles. The maximum atomic E-state index is 11.1. The van der Waals surface area contributed by atoms with Gasteiger partial charge in [0.1, 0.15) is 0 Å². The van der Waals surface area contributed by atoms with Gasteiger partial charge in [0.25, 0.3) is 0 Å². The van der Waals surface area contributed by atoms with Crippen molar-refractivity contribution < 1.29 is 4.79 Å². The molecule has 1 aromatic carbocycles. The van der Waals surface area contributed by atoms with Crippen molar-refractivity contribution in [3.63, 3.8) is 0 Å². The van der Waals surface area contributed by atoms with Crippen molar-refractivity contribution in [2.45, 2.75) is 18.8 Å². The number of hydrogen-bond acceptors (Lipinski definition) is 1. The van der Waals surface area contributed by atoms with Gasteiger partial charge in [-0.15, -0.1) is 0 Å². The van der Waals surface area contributed by atoms with E-state index in [1.54, 1.807) is 6.07 Å². The van der Waals surface area contributed by atoms with Gasteiger partial charge in [-0.1, -0.05) is 23.2 Å². The summed E-state index contributed by atoms with van der Waals surface area (Å²) in [6, 6.07) is 3.57. The average Bonchev–Trinajstić information content (AvgIpc) is 2.48. The van der Waals surface area contributed by atoms with Crippen molar-refractivity contribution in [3.05, 3.63) is 33.3 Å². The number of hydrogen-bond donors (Lipinski definition) is 0. The minimum atomic E-state index is -0.317. The predicted molar refractivity (Wildman–Crippen MR) is 58.4 cm³/mol. The van der Waals surface area contributed by atoms with E-state index in [-0.39, 0.29) is 11.2 Å². The fourth-order valence-corrected chi connectivity index (χ4v) is 2.42. The fourth-order valence-electron chi connectivity index (χ4n) is 1.84. The Bertz CT molecular complexity index is 401. The monoisotopic (exact) mass is 248 g/mol. The molecule has 0 radical (unpaired) electrons. The van der Waals surface area contributed by atoms with Crippen molar-refractivity contribution in [2.24, 2.45) is 0 Å². The summed E-state index contributed by atoms with van der Waals surface area (Å²) >= 11 is 17.2. The molecule has 1 aromatic rings. The Morgan fingerprint density at radius 2 is 1.93 bits per heavy atom. The first-order valence-electron chi connectivity index (χ1n) is 4.26. The van der Waals surface area contributed by atoms with Crippen molar-refractivity contribution in [2.75, 3.05) is 0 Å². The zero-order valence-corrected chi connectivity index (χ0v) is 9.46. The Morgan fingerprint density at radius 1 is 1.29 bits per heavy atom. The average molecular weight is 250 g/mol. The van der Waals surface area contributed by atoms with Crippen molar-refractivity contribution in [1.29, 1.82) is 0 Å². The lowest BCUT2D eigenvalue weighted by atomic mass is 10.0. The van der Waals surface area contributed by atoms with Crippen LogP contribution in [0.15, 0.2) is 12.1 Å². The molecule has 1 nitrogen and oxygen atoms in total. The Balaban J connectivity index is 2.50. The zero-order valence-electron chi connectivity index (χ0n) is 7.19. The van der Waals surface area contributed by atoms with Gasteiger partial charge in [0.2, 0.25) is 5.24 Å². The highest BCUT2D eigenvalue weighted by Gasteiger charge is 2.28. The fraction of sp³-hybridized carbons (Fsp3) is 0.300. The summed E-state index contributed by atoms with van der Waals surface area (Å²) in [5.74, 6) is -0.207. The molecular weight excluding hydrogens is 242 g/mol. The Labute approximate surface area is 97.0 Å². The third-order valence-corrected chi connectivity index (χ3v) is 3.52. The third kappa shape index (κ3) is 1.65. The van der Waals surface area contributed by atoms with Gasteiger partial charge < -0.3 is 0 Å². The number of carbonyl (C=O) groups is 1. The summed E-state index contributed by atoms with van der Waals surface area (Å²) in [7, 11) is 0. The van der Waals surface area contributed by atoms with E-state index in [0.29, 0.717) is 10.0 Å². The summed E-state index contributed by atoms with van der Waals surface area (Å²) in [6.45, 7) is 0. The van der Waals surface area contributed by atoms with Crippen LogP contribution in [0.4, 0.5) is 0 Å². The topological polar surface area (TPSA) is 17.1 Å². The van der Waals surface area contributed by atoms with Gasteiger partial charge in [0.15, 0.2) is 0 Å². The van der Waals surface area contributed by atoms with Crippen LogP contribution in [0, 0.1) is 0 Å². The second kappa shape index (κ2) is 3.73. The summed E-state index contributed by atoms with van der Waals surface area (Å²) < 4.78 is 0. The minimum Gasteiger partial charge on any atom is -0.281 e. The van der Waals surface area contributed by atoms with Crippen molar-refractivity contribution in [3.8, 4) is 0 Å². The van der Waals surface area contributed by atoms with Crippen LogP contribution in [-0.2, 0) is 11.2 Å². The maximum Gasteiger partial charge on any atom is 0.229 e. The molecule has 0 fully saturated rings. The number of rotatable bonds is 1. The number of aryl methyl sites for hydroxylation is 1. The maximum absolute atomic E-state index is 11.1. The van der Waals surface area contributed by atoms with E-state index in [1.807, 2.05) is 6.07 Å². The van der Waals surface area contributed by atoms with Crippen LogP contribution in [0.25, 0.3) is 0 Å². The van der Waals surface area contributed by atoms with E-state index in [9.17, 15) is 4.79 Å². The van der Waals surface area contributed by atoms with Gasteiger partial charge in [0, 0.05) is 0 Å². The molecule has 0 saturated heterocycles. The first-order valence-corrected chi connectivity index (χ1v) is 5.40. The largest absolute Gasteiger partial charge is 0.281 e. The molecule has 0 saturated carbocycles. The molecule has 74 valence electrons. The molecule has 1 atom stereocenters. The normalized spacial score (nSPS) is 19.5. The lowest BCUT2D eigenvalue weighted by molar-refractivity contribution is -0.112. The molecule has 0 spiro atoms. The number of carbonyl (C=O) groups excluding carboxylic acids is 1. The smallest absolute Gasteiger partial charge is 0.229 e. The molecule has 1 aliphatic rings. The van der Waals surface area contributed by atoms with Crippen LogP contribution >= 0.6 is 34.8 Å². The Kier molecular flexibility index (Phi) is 2.74. The number of halogens is 3. The van der Waals surface area contributed by atoms with E-state index in [0.717, 1.165) is 24.0 Å².